The SMILES string of the molecule is CC(Oc1ncccc1C(=O)O)C1CCNCC1. The molecule has 1 aliphatic heterocycles. The van der Waals surface area contributed by atoms with Gasteiger partial charge in [0.2, 0.25) is 5.88 Å². The quantitative estimate of drug-likeness (QED) is 0.848. The Morgan fingerprint density at radius 1 is 1.56 bits per heavy atom. The number of hydrogen-bond donors (Lipinski definition) is 2. The van der Waals surface area contributed by atoms with Crippen molar-refractivity contribution in [3.05, 3.63) is 23.9 Å². The molecular weight excluding hydrogens is 232 g/mol. The van der Waals surface area contributed by atoms with Crippen molar-refractivity contribution in [1.82, 2.24) is 10.3 Å². The highest BCUT2D eigenvalue weighted by Crippen LogP contribution is 2.22. The Labute approximate surface area is 106 Å². The zero-order chi connectivity index (χ0) is 13.0. The van der Waals surface area contributed by atoms with Gasteiger partial charge in [-0.1, -0.05) is 0 Å². The molecule has 18 heavy (non-hydrogen) atoms. The first-order valence-corrected chi connectivity index (χ1v) is 6.24. The number of carboxylic acids is 1. The molecule has 1 aromatic heterocycles. The van der Waals surface area contributed by atoms with Crippen molar-refractivity contribution in [3.63, 3.8) is 0 Å². The van der Waals surface area contributed by atoms with Gasteiger partial charge in [-0.15, -0.1) is 0 Å². The smallest absolute Gasteiger partial charge is 0.341 e. The molecule has 2 heterocycles. The van der Waals surface area contributed by atoms with Crippen LogP contribution in [0.1, 0.15) is 30.1 Å². The Morgan fingerprint density at radius 3 is 2.94 bits per heavy atom. The minimum atomic E-state index is -1.00. The minimum absolute atomic E-state index is 0.0138. The van der Waals surface area contributed by atoms with Gasteiger partial charge in [0.1, 0.15) is 11.7 Å². The Kier molecular flexibility index (Phi) is 4.15. The Morgan fingerprint density at radius 2 is 2.28 bits per heavy atom. The Balaban J connectivity index is 2.06. The molecule has 0 radical (unpaired) electrons. The van der Waals surface area contributed by atoms with E-state index in [1.165, 1.54) is 6.07 Å². The highest BCUT2D eigenvalue weighted by Gasteiger charge is 2.23. The van der Waals surface area contributed by atoms with Crippen molar-refractivity contribution in [2.24, 2.45) is 5.92 Å². The van der Waals surface area contributed by atoms with Crippen LogP contribution in [-0.4, -0.2) is 35.3 Å². The van der Waals surface area contributed by atoms with E-state index < -0.39 is 5.97 Å². The normalized spacial score (nSPS) is 18.3. The van der Waals surface area contributed by atoms with Crippen LogP contribution in [0.2, 0.25) is 0 Å². The summed E-state index contributed by atoms with van der Waals surface area (Å²) in [6, 6.07) is 3.12. The summed E-state index contributed by atoms with van der Waals surface area (Å²) in [7, 11) is 0. The van der Waals surface area contributed by atoms with Gasteiger partial charge in [0.05, 0.1) is 0 Å². The molecule has 1 fully saturated rings. The molecule has 0 aliphatic carbocycles. The van der Waals surface area contributed by atoms with E-state index in [2.05, 4.69) is 10.3 Å². The topological polar surface area (TPSA) is 71.5 Å². The molecule has 2 rings (SSSR count). The summed E-state index contributed by atoms with van der Waals surface area (Å²) in [5, 5.41) is 12.4. The standard InChI is InChI=1S/C13H18N2O3/c1-9(10-4-7-14-8-5-10)18-12-11(13(16)17)3-2-6-15-12/h2-3,6,9-10,14H,4-5,7-8H2,1H3,(H,16,17). The van der Waals surface area contributed by atoms with E-state index in [0.29, 0.717) is 5.92 Å². The monoisotopic (exact) mass is 250 g/mol. The molecule has 1 unspecified atom stereocenters. The van der Waals surface area contributed by atoms with Gasteiger partial charge in [0.25, 0.3) is 0 Å². The summed E-state index contributed by atoms with van der Waals surface area (Å²) in [5.41, 5.74) is 0.123. The lowest BCUT2D eigenvalue weighted by atomic mass is 9.93. The summed E-state index contributed by atoms with van der Waals surface area (Å²) in [5.74, 6) is -0.332. The summed E-state index contributed by atoms with van der Waals surface area (Å²) in [6.07, 6.45) is 3.64. The summed E-state index contributed by atoms with van der Waals surface area (Å²) < 4.78 is 5.73. The van der Waals surface area contributed by atoms with Crippen LogP contribution in [-0.2, 0) is 0 Å². The molecule has 0 spiro atoms. The largest absolute Gasteiger partial charge is 0.477 e. The highest BCUT2D eigenvalue weighted by molar-refractivity contribution is 5.90. The molecule has 0 amide bonds. The van der Waals surface area contributed by atoms with E-state index in [1.807, 2.05) is 6.92 Å². The van der Waals surface area contributed by atoms with Gasteiger partial charge >= 0.3 is 5.97 Å². The van der Waals surface area contributed by atoms with Gasteiger partial charge in [-0.25, -0.2) is 9.78 Å². The Bertz CT molecular complexity index is 416. The molecular formula is C13H18N2O3. The average molecular weight is 250 g/mol. The second-order valence-electron chi connectivity index (χ2n) is 4.57. The molecule has 1 aromatic rings. The number of nitrogens with one attached hydrogen (secondary N) is 1. The molecule has 0 saturated carbocycles. The van der Waals surface area contributed by atoms with Gasteiger partial charge in [0, 0.05) is 6.20 Å². The van der Waals surface area contributed by atoms with Gasteiger partial charge in [-0.3, -0.25) is 0 Å². The van der Waals surface area contributed by atoms with Crippen LogP contribution in [0.15, 0.2) is 18.3 Å². The maximum atomic E-state index is 11.0. The molecule has 5 nitrogen and oxygen atoms in total. The minimum Gasteiger partial charge on any atom is -0.477 e. The lowest BCUT2D eigenvalue weighted by Gasteiger charge is -2.28. The maximum absolute atomic E-state index is 11.0. The molecule has 2 N–H and O–H groups in total. The first-order valence-electron chi connectivity index (χ1n) is 6.24. The van der Waals surface area contributed by atoms with Crippen LogP contribution in [0.25, 0.3) is 0 Å². The zero-order valence-electron chi connectivity index (χ0n) is 10.4. The van der Waals surface area contributed by atoms with Gasteiger partial charge in [-0.05, 0) is 50.9 Å². The van der Waals surface area contributed by atoms with Crippen LogP contribution in [0, 0.1) is 5.92 Å². The van der Waals surface area contributed by atoms with Gasteiger partial charge < -0.3 is 15.2 Å². The van der Waals surface area contributed by atoms with Crippen molar-refractivity contribution >= 4 is 5.97 Å². The molecule has 0 bridgehead atoms. The van der Waals surface area contributed by atoms with Gasteiger partial charge in [-0.2, -0.15) is 0 Å². The fraction of sp³-hybridized carbons (Fsp3) is 0.538. The Hall–Kier alpha value is -1.62. The van der Waals surface area contributed by atoms with E-state index in [9.17, 15) is 4.79 Å². The number of carboxylic acid groups (broad SMARTS) is 1. The number of hydrogen-bond acceptors (Lipinski definition) is 4. The fourth-order valence-corrected chi connectivity index (χ4v) is 2.23. The predicted octanol–water partition coefficient (Wildman–Crippen LogP) is 1.55. The first kappa shape index (κ1) is 12.8. The lowest BCUT2D eigenvalue weighted by molar-refractivity contribution is 0.0679. The predicted molar refractivity (Wildman–Crippen MR) is 66.9 cm³/mol. The van der Waals surface area contributed by atoms with Crippen molar-refractivity contribution in [2.45, 2.75) is 25.9 Å². The second kappa shape index (κ2) is 5.82. The van der Waals surface area contributed by atoms with E-state index in [1.54, 1.807) is 12.3 Å². The van der Waals surface area contributed by atoms with E-state index in [4.69, 9.17) is 9.84 Å². The molecule has 1 atom stereocenters. The highest BCUT2D eigenvalue weighted by atomic mass is 16.5. The molecule has 98 valence electrons. The molecule has 1 saturated heterocycles. The van der Waals surface area contributed by atoms with Crippen molar-refractivity contribution in [1.29, 1.82) is 0 Å². The van der Waals surface area contributed by atoms with Crippen molar-refractivity contribution in [2.75, 3.05) is 13.1 Å². The van der Waals surface area contributed by atoms with Gasteiger partial charge in [0.15, 0.2) is 0 Å². The number of rotatable bonds is 4. The maximum Gasteiger partial charge on any atom is 0.341 e. The van der Waals surface area contributed by atoms with E-state index in [0.717, 1.165) is 25.9 Å². The number of ether oxygens (including phenoxy) is 1. The number of carbonyl (C=O) groups is 1. The van der Waals surface area contributed by atoms with Crippen molar-refractivity contribution in [3.8, 4) is 5.88 Å². The number of aromatic nitrogens is 1. The van der Waals surface area contributed by atoms with Crippen LogP contribution >= 0.6 is 0 Å². The number of nitrogens with zero attached hydrogens (tertiary/aromatic N) is 1. The number of pyridine rings is 1. The third kappa shape index (κ3) is 2.98. The van der Waals surface area contributed by atoms with Crippen LogP contribution < -0.4 is 10.1 Å². The molecule has 1 aliphatic rings. The molecule has 5 heteroatoms. The third-order valence-electron chi connectivity index (χ3n) is 3.35. The average Bonchev–Trinajstić information content (AvgIpc) is 2.40. The van der Waals surface area contributed by atoms with Crippen LogP contribution in [0.4, 0.5) is 0 Å². The van der Waals surface area contributed by atoms with Crippen LogP contribution in [0.3, 0.4) is 0 Å². The summed E-state index contributed by atoms with van der Waals surface area (Å²) in [6.45, 7) is 3.97. The van der Waals surface area contributed by atoms with Crippen molar-refractivity contribution < 1.29 is 14.6 Å². The third-order valence-corrected chi connectivity index (χ3v) is 3.35. The summed E-state index contributed by atoms with van der Waals surface area (Å²) in [4.78, 5) is 15.1. The zero-order valence-corrected chi connectivity index (χ0v) is 10.4. The fourth-order valence-electron chi connectivity index (χ4n) is 2.23. The summed E-state index contributed by atoms with van der Waals surface area (Å²) >= 11 is 0. The number of piperidine rings is 1. The first-order chi connectivity index (χ1) is 8.68. The van der Waals surface area contributed by atoms with E-state index in [-0.39, 0.29) is 17.5 Å². The number of aromatic carboxylic acids is 1. The second-order valence-corrected chi connectivity index (χ2v) is 4.57. The lowest BCUT2D eigenvalue weighted by Crippen LogP contribution is -2.35. The van der Waals surface area contributed by atoms with Crippen LogP contribution in [0.5, 0.6) is 5.88 Å². The van der Waals surface area contributed by atoms with E-state index >= 15 is 0 Å². The molecule has 0 aromatic carbocycles.